The summed E-state index contributed by atoms with van der Waals surface area (Å²) in [5.41, 5.74) is 1.17. The Morgan fingerprint density at radius 2 is 2.00 bits per heavy atom. The molecule has 3 atom stereocenters. The molecule has 1 aromatic carbocycles. The predicted octanol–water partition coefficient (Wildman–Crippen LogP) is 3.38. The molecule has 1 aliphatic carbocycles. The van der Waals surface area contributed by atoms with Crippen molar-refractivity contribution in [3.8, 4) is 0 Å². The first kappa shape index (κ1) is 17.7. The molecule has 7 heteroatoms. The average Bonchev–Trinajstić information content (AvgIpc) is 3.38. The standard InChI is InChI=1S/C20H21N3O3S/c1-12(24)14-4-2-5-15(10-14)21-20(26)23-11-13-8-16(17(23)9-13)22-19(25)18-6-3-7-27-18/h2-7,10,13,16-17H,8-9,11H2,1H3,(H,21,26)(H,22,25). The van der Waals surface area contributed by atoms with Crippen LogP contribution in [0.1, 0.15) is 39.8 Å². The summed E-state index contributed by atoms with van der Waals surface area (Å²) in [4.78, 5) is 39.1. The van der Waals surface area contributed by atoms with Crippen molar-refractivity contribution < 1.29 is 14.4 Å². The maximum atomic E-state index is 12.8. The summed E-state index contributed by atoms with van der Waals surface area (Å²) >= 11 is 1.41. The minimum atomic E-state index is -0.182. The van der Waals surface area contributed by atoms with Crippen LogP contribution in [0, 0.1) is 5.92 Å². The van der Waals surface area contributed by atoms with Gasteiger partial charge in [0.25, 0.3) is 5.91 Å². The quantitative estimate of drug-likeness (QED) is 0.795. The van der Waals surface area contributed by atoms with E-state index in [1.165, 1.54) is 18.3 Å². The molecular formula is C20H21N3O3S. The number of fused-ring (bicyclic) bond motifs is 2. The summed E-state index contributed by atoms with van der Waals surface area (Å²) in [6, 6.07) is 10.4. The smallest absolute Gasteiger partial charge is 0.322 e. The third-order valence-corrected chi connectivity index (χ3v) is 6.19. The maximum Gasteiger partial charge on any atom is 0.322 e. The highest BCUT2D eigenvalue weighted by atomic mass is 32.1. The van der Waals surface area contributed by atoms with Crippen molar-refractivity contribution in [2.75, 3.05) is 11.9 Å². The number of amides is 3. The zero-order valence-electron chi connectivity index (χ0n) is 15.0. The van der Waals surface area contributed by atoms with E-state index in [0.29, 0.717) is 28.6 Å². The summed E-state index contributed by atoms with van der Waals surface area (Å²) < 4.78 is 0. The normalized spacial score (nSPS) is 23.3. The number of hydrogen-bond acceptors (Lipinski definition) is 4. The van der Waals surface area contributed by atoms with Crippen molar-refractivity contribution in [1.82, 2.24) is 10.2 Å². The fourth-order valence-electron chi connectivity index (χ4n) is 4.07. The van der Waals surface area contributed by atoms with Gasteiger partial charge in [0.1, 0.15) is 0 Å². The number of hydrogen-bond donors (Lipinski definition) is 2. The van der Waals surface area contributed by atoms with E-state index in [-0.39, 0.29) is 29.8 Å². The van der Waals surface area contributed by atoms with Gasteiger partial charge in [-0.1, -0.05) is 18.2 Å². The molecule has 1 saturated heterocycles. The maximum absolute atomic E-state index is 12.8. The van der Waals surface area contributed by atoms with Crippen LogP contribution in [0.3, 0.4) is 0 Å². The highest BCUT2D eigenvalue weighted by molar-refractivity contribution is 7.12. The number of benzene rings is 1. The van der Waals surface area contributed by atoms with Crippen LogP contribution in [0.5, 0.6) is 0 Å². The van der Waals surface area contributed by atoms with Gasteiger partial charge in [-0.3, -0.25) is 9.59 Å². The van der Waals surface area contributed by atoms with E-state index in [2.05, 4.69) is 10.6 Å². The second-order valence-electron chi connectivity index (χ2n) is 7.18. The van der Waals surface area contributed by atoms with Crippen molar-refractivity contribution in [3.63, 3.8) is 0 Å². The molecule has 2 bridgehead atoms. The summed E-state index contributed by atoms with van der Waals surface area (Å²) in [7, 11) is 0. The monoisotopic (exact) mass is 383 g/mol. The van der Waals surface area contributed by atoms with Crippen molar-refractivity contribution in [2.24, 2.45) is 5.92 Å². The average molecular weight is 383 g/mol. The molecule has 2 N–H and O–H groups in total. The predicted molar refractivity (Wildman–Crippen MR) is 104 cm³/mol. The van der Waals surface area contributed by atoms with Crippen LogP contribution in [0.4, 0.5) is 10.5 Å². The van der Waals surface area contributed by atoms with Gasteiger partial charge in [0.15, 0.2) is 5.78 Å². The van der Waals surface area contributed by atoms with Crippen LogP contribution in [0.15, 0.2) is 41.8 Å². The molecule has 2 aliphatic rings. The first-order chi connectivity index (χ1) is 13.0. The van der Waals surface area contributed by atoms with Gasteiger partial charge in [-0.25, -0.2) is 4.79 Å². The van der Waals surface area contributed by atoms with Crippen LogP contribution >= 0.6 is 11.3 Å². The topological polar surface area (TPSA) is 78.5 Å². The summed E-state index contributed by atoms with van der Waals surface area (Å²) in [5.74, 6) is 0.303. The van der Waals surface area contributed by atoms with Crippen molar-refractivity contribution in [2.45, 2.75) is 31.8 Å². The number of nitrogens with zero attached hydrogens (tertiary/aromatic N) is 1. The number of piperidine rings is 1. The Labute approximate surface area is 161 Å². The second-order valence-corrected chi connectivity index (χ2v) is 8.13. The second kappa shape index (κ2) is 7.15. The van der Waals surface area contributed by atoms with E-state index in [1.54, 1.807) is 30.3 Å². The van der Waals surface area contributed by atoms with Crippen molar-refractivity contribution >= 4 is 34.7 Å². The molecule has 2 fully saturated rings. The Morgan fingerprint density at radius 1 is 1.15 bits per heavy atom. The number of anilines is 1. The van der Waals surface area contributed by atoms with Gasteiger partial charge in [0.05, 0.1) is 17.0 Å². The van der Waals surface area contributed by atoms with Crippen LogP contribution in [0.2, 0.25) is 0 Å². The van der Waals surface area contributed by atoms with Crippen molar-refractivity contribution in [3.05, 3.63) is 52.2 Å². The Balaban J connectivity index is 1.42. The molecule has 2 aromatic rings. The molecule has 27 heavy (non-hydrogen) atoms. The van der Waals surface area contributed by atoms with Crippen LogP contribution in [-0.2, 0) is 0 Å². The highest BCUT2D eigenvalue weighted by Crippen LogP contribution is 2.38. The Kier molecular flexibility index (Phi) is 4.70. The molecule has 0 spiro atoms. The lowest BCUT2D eigenvalue weighted by Crippen LogP contribution is -2.52. The molecule has 140 valence electrons. The lowest BCUT2D eigenvalue weighted by atomic mass is 10.1. The van der Waals surface area contributed by atoms with E-state index < -0.39 is 0 Å². The van der Waals surface area contributed by atoms with E-state index in [9.17, 15) is 14.4 Å². The van der Waals surface area contributed by atoms with Gasteiger partial charge in [0.2, 0.25) is 0 Å². The molecule has 3 amide bonds. The molecule has 4 rings (SSSR count). The zero-order valence-corrected chi connectivity index (χ0v) is 15.8. The van der Waals surface area contributed by atoms with Gasteiger partial charge < -0.3 is 15.5 Å². The molecule has 0 radical (unpaired) electrons. The van der Waals surface area contributed by atoms with Crippen LogP contribution in [-0.4, -0.2) is 41.2 Å². The molecule has 1 aromatic heterocycles. The first-order valence-electron chi connectivity index (χ1n) is 9.04. The van der Waals surface area contributed by atoms with Gasteiger partial charge >= 0.3 is 6.03 Å². The number of nitrogens with one attached hydrogen (secondary N) is 2. The fraction of sp³-hybridized carbons (Fsp3) is 0.350. The number of carbonyl (C=O) groups is 3. The summed E-state index contributed by atoms with van der Waals surface area (Å²) in [6.45, 7) is 2.20. The number of rotatable bonds is 4. The zero-order chi connectivity index (χ0) is 19.0. The molecule has 1 saturated carbocycles. The number of urea groups is 1. The fourth-order valence-corrected chi connectivity index (χ4v) is 4.70. The number of Topliss-reactive ketones (excluding diaryl/α,β-unsaturated/α-hetero) is 1. The Morgan fingerprint density at radius 3 is 2.70 bits per heavy atom. The highest BCUT2D eigenvalue weighted by Gasteiger charge is 2.47. The lowest BCUT2D eigenvalue weighted by Gasteiger charge is -2.33. The molecule has 1 aliphatic heterocycles. The summed E-state index contributed by atoms with van der Waals surface area (Å²) in [6.07, 6.45) is 1.82. The largest absolute Gasteiger partial charge is 0.347 e. The van der Waals surface area contributed by atoms with E-state index >= 15 is 0 Å². The van der Waals surface area contributed by atoms with E-state index in [0.717, 1.165) is 12.8 Å². The molecule has 2 heterocycles. The number of ketones is 1. The molecule has 6 nitrogen and oxygen atoms in total. The SMILES string of the molecule is CC(=O)c1cccc(NC(=O)N2CC3CC(NC(=O)c4cccs4)C2C3)c1. The summed E-state index contributed by atoms with van der Waals surface area (Å²) in [5, 5.41) is 7.86. The van der Waals surface area contributed by atoms with Crippen LogP contribution in [0.25, 0.3) is 0 Å². The Bertz CT molecular complexity index is 880. The van der Waals surface area contributed by atoms with E-state index in [4.69, 9.17) is 0 Å². The lowest BCUT2D eigenvalue weighted by molar-refractivity contribution is 0.0909. The van der Waals surface area contributed by atoms with Gasteiger partial charge in [-0.15, -0.1) is 11.3 Å². The van der Waals surface area contributed by atoms with Crippen molar-refractivity contribution in [1.29, 1.82) is 0 Å². The molecule has 3 unspecified atom stereocenters. The van der Waals surface area contributed by atoms with E-state index in [1.807, 2.05) is 16.3 Å². The number of carbonyl (C=O) groups excluding carboxylic acids is 3. The van der Waals surface area contributed by atoms with Gasteiger partial charge in [-0.2, -0.15) is 0 Å². The minimum absolute atomic E-state index is 0.00917. The minimum Gasteiger partial charge on any atom is -0.347 e. The number of likely N-dealkylation sites (tertiary alicyclic amines) is 1. The third-order valence-electron chi connectivity index (χ3n) is 5.32. The number of thiophene rings is 1. The third kappa shape index (κ3) is 3.60. The van der Waals surface area contributed by atoms with Gasteiger partial charge in [-0.05, 0) is 49.3 Å². The Hall–Kier alpha value is -2.67. The van der Waals surface area contributed by atoms with Gasteiger partial charge in [0, 0.05) is 17.8 Å². The van der Waals surface area contributed by atoms with Crippen LogP contribution < -0.4 is 10.6 Å². The first-order valence-corrected chi connectivity index (χ1v) is 9.92. The molecular weight excluding hydrogens is 362 g/mol.